The van der Waals surface area contributed by atoms with Crippen LogP contribution >= 0.6 is 0 Å². The highest BCUT2D eigenvalue weighted by molar-refractivity contribution is 5.83. The lowest BCUT2D eigenvalue weighted by molar-refractivity contribution is -0.149. The molecule has 0 saturated heterocycles. The van der Waals surface area contributed by atoms with Crippen LogP contribution in [0.4, 0.5) is 0 Å². The van der Waals surface area contributed by atoms with Gasteiger partial charge in [-0.15, -0.1) is 6.58 Å². The van der Waals surface area contributed by atoms with Crippen LogP contribution in [-0.4, -0.2) is 12.6 Å². The van der Waals surface area contributed by atoms with E-state index in [0.29, 0.717) is 18.9 Å². The van der Waals surface area contributed by atoms with Crippen molar-refractivity contribution in [3.05, 3.63) is 48.0 Å². The number of benzene rings is 1. The van der Waals surface area contributed by atoms with E-state index in [1.54, 1.807) is 6.08 Å². The van der Waals surface area contributed by atoms with Crippen LogP contribution in [0.1, 0.15) is 51.2 Å². The Morgan fingerprint density at radius 2 is 1.95 bits per heavy atom. The topological polar surface area (TPSA) is 26.3 Å². The molecule has 0 radical (unpaired) electrons. The Kier molecular flexibility index (Phi) is 5.34. The first-order valence-corrected chi connectivity index (χ1v) is 6.84. The molecule has 0 heterocycles. The van der Waals surface area contributed by atoms with Gasteiger partial charge in [-0.2, -0.15) is 0 Å². The normalized spacial score (nSPS) is 13.9. The lowest BCUT2D eigenvalue weighted by Crippen LogP contribution is -2.34. The summed E-state index contributed by atoms with van der Waals surface area (Å²) >= 11 is 0. The van der Waals surface area contributed by atoms with Gasteiger partial charge in [-0.1, -0.05) is 44.2 Å². The molecule has 0 aliphatic rings. The quantitative estimate of drug-likeness (QED) is 0.566. The summed E-state index contributed by atoms with van der Waals surface area (Å²) in [6.45, 7) is 12.2. The summed E-state index contributed by atoms with van der Waals surface area (Å²) < 4.78 is 5.20. The molecule has 0 aromatic heterocycles. The summed E-state index contributed by atoms with van der Waals surface area (Å²) in [5.41, 5.74) is 1.61. The summed E-state index contributed by atoms with van der Waals surface area (Å²) in [5, 5.41) is 0. The van der Waals surface area contributed by atoms with E-state index in [4.69, 9.17) is 4.74 Å². The minimum absolute atomic E-state index is 0.188. The van der Waals surface area contributed by atoms with Crippen molar-refractivity contribution in [3.8, 4) is 0 Å². The van der Waals surface area contributed by atoms with Crippen molar-refractivity contribution >= 4 is 5.97 Å². The fourth-order valence-corrected chi connectivity index (χ4v) is 2.13. The predicted octanol–water partition coefficient (Wildman–Crippen LogP) is 4.21. The molecule has 1 aromatic rings. The first-order chi connectivity index (χ1) is 8.95. The fourth-order valence-electron chi connectivity index (χ4n) is 2.13. The minimum Gasteiger partial charge on any atom is -0.465 e. The molecular formula is C17H24O2. The maximum absolute atomic E-state index is 12.2. The van der Waals surface area contributed by atoms with Crippen LogP contribution in [0.3, 0.4) is 0 Å². The smallest absolute Gasteiger partial charge is 0.316 e. The Labute approximate surface area is 116 Å². The summed E-state index contributed by atoms with van der Waals surface area (Å²) in [5.74, 6) is 0.300. The number of ether oxygens (including phenoxy) is 1. The number of allylic oxidation sites excluding steroid dienone is 1. The Morgan fingerprint density at radius 1 is 1.37 bits per heavy atom. The molecule has 2 nitrogen and oxygen atoms in total. The van der Waals surface area contributed by atoms with E-state index >= 15 is 0 Å². The van der Waals surface area contributed by atoms with Crippen molar-refractivity contribution in [1.29, 1.82) is 0 Å². The molecule has 1 aromatic carbocycles. The van der Waals surface area contributed by atoms with Gasteiger partial charge < -0.3 is 4.74 Å². The van der Waals surface area contributed by atoms with Gasteiger partial charge in [0.05, 0.1) is 12.0 Å². The van der Waals surface area contributed by atoms with Crippen LogP contribution in [0.25, 0.3) is 0 Å². The van der Waals surface area contributed by atoms with Gasteiger partial charge in [0.25, 0.3) is 0 Å². The highest BCUT2D eigenvalue weighted by Crippen LogP contribution is 2.30. The highest BCUT2D eigenvalue weighted by Gasteiger charge is 2.35. The van der Waals surface area contributed by atoms with Gasteiger partial charge in [0, 0.05) is 0 Å². The molecule has 2 heteroatoms. The number of rotatable bonds is 6. The molecule has 0 fully saturated rings. The average Bonchev–Trinajstić information content (AvgIpc) is 2.39. The predicted molar refractivity (Wildman–Crippen MR) is 79.3 cm³/mol. The summed E-state index contributed by atoms with van der Waals surface area (Å²) in [7, 11) is 0. The number of hydrogen-bond acceptors (Lipinski definition) is 2. The number of esters is 1. The van der Waals surface area contributed by atoms with E-state index in [0.717, 1.165) is 5.56 Å². The molecule has 0 saturated carbocycles. The third kappa shape index (κ3) is 3.46. The first-order valence-electron chi connectivity index (χ1n) is 6.84. The van der Waals surface area contributed by atoms with Crippen molar-refractivity contribution in [1.82, 2.24) is 0 Å². The van der Waals surface area contributed by atoms with Gasteiger partial charge in [0.2, 0.25) is 0 Å². The Morgan fingerprint density at radius 3 is 2.37 bits per heavy atom. The second kappa shape index (κ2) is 6.55. The summed E-state index contributed by atoms with van der Waals surface area (Å²) in [6, 6.07) is 8.21. The molecule has 1 atom stereocenters. The Hall–Kier alpha value is -1.57. The maximum Gasteiger partial charge on any atom is 0.316 e. The van der Waals surface area contributed by atoms with Crippen molar-refractivity contribution in [2.75, 3.05) is 6.61 Å². The fraction of sp³-hybridized carbons (Fsp3) is 0.471. The summed E-state index contributed by atoms with van der Waals surface area (Å²) in [4.78, 5) is 12.2. The molecule has 0 N–H and O–H groups in total. The molecule has 19 heavy (non-hydrogen) atoms. The Balaban J connectivity index is 3.11. The molecular weight excluding hydrogens is 236 g/mol. The zero-order chi connectivity index (χ0) is 14.5. The maximum atomic E-state index is 12.2. The van der Waals surface area contributed by atoms with Crippen molar-refractivity contribution in [3.63, 3.8) is 0 Å². The van der Waals surface area contributed by atoms with E-state index in [1.165, 1.54) is 5.56 Å². The van der Waals surface area contributed by atoms with Crippen LogP contribution in [0.2, 0.25) is 0 Å². The van der Waals surface area contributed by atoms with Crippen LogP contribution in [0, 0.1) is 0 Å². The first kappa shape index (κ1) is 15.5. The van der Waals surface area contributed by atoms with E-state index in [2.05, 4.69) is 32.6 Å². The van der Waals surface area contributed by atoms with Gasteiger partial charge in [-0.05, 0) is 37.3 Å². The lowest BCUT2D eigenvalue weighted by atomic mass is 9.79. The molecule has 0 amide bonds. The largest absolute Gasteiger partial charge is 0.465 e. The third-order valence-corrected chi connectivity index (χ3v) is 3.49. The highest BCUT2D eigenvalue weighted by atomic mass is 16.5. The van der Waals surface area contributed by atoms with E-state index in [-0.39, 0.29) is 5.97 Å². The molecule has 1 unspecified atom stereocenters. The molecule has 1 rings (SSSR count). The monoisotopic (exact) mass is 260 g/mol. The van der Waals surface area contributed by atoms with E-state index in [9.17, 15) is 4.79 Å². The number of carbonyl (C=O) groups is 1. The SMILES string of the molecule is C=CCC(C)(C(=O)OCC)c1ccc(C(C)C)cc1. The van der Waals surface area contributed by atoms with Crippen LogP contribution in [0.5, 0.6) is 0 Å². The van der Waals surface area contributed by atoms with Gasteiger partial charge >= 0.3 is 5.97 Å². The van der Waals surface area contributed by atoms with Crippen molar-refractivity contribution in [2.45, 2.75) is 45.4 Å². The zero-order valence-electron chi connectivity index (χ0n) is 12.4. The van der Waals surface area contributed by atoms with E-state index < -0.39 is 5.41 Å². The second-order valence-electron chi connectivity index (χ2n) is 5.32. The van der Waals surface area contributed by atoms with Crippen molar-refractivity contribution in [2.24, 2.45) is 0 Å². The molecule has 0 aliphatic heterocycles. The molecule has 0 bridgehead atoms. The van der Waals surface area contributed by atoms with Gasteiger partial charge in [0.1, 0.15) is 0 Å². The van der Waals surface area contributed by atoms with Crippen LogP contribution in [0.15, 0.2) is 36.9 Å². The standard InChI is InChI=1S/C17H24O2/c1-6-12-17(5,16(18)19-7-2)15-10-8-14(9-11-15)13(3)4/h6,8-11,13H,1,7,12H2,2-5H3. The zero-order valence-corrected chi connectivity index (χ0v) is 12.4. The molecule has 0 aliphatic carbocycles. The van der Waals surface area contributed by atoms with Gasteiger partial charge in [0.15, 0.2) is 0 Å². The number of carbonyl (C=O) groups excluding carboxylic acids is 1. The van der Waals surface area contributed by atoms with Crippen LogP contribution in [-0.2, 0) is 14.9 Å². The average molecular weight is 260 g/mol. The minimum atomic E-state index is -0.646. The third-order valence-electron chi connectivity index (χ3n) is 3.49. The molecule has 104 valence electrons. The lowest BCUT2D eigenvalue weighted by Gasteiger charge is -2.27. The van der Waals surface area contributed by atoms with Crippen molar-refractivity contribution < 1.29 is 9.53 Å². The van der Waals surface area contributed by atoms with Crippen LogP contribution < -0.4 is 0 Å². The van der Waals surface area contributed by atoms with Gasteiger partial charge in [-0.3, -0.25) is 4.79 Å². The second-order valence-corrected chi connectivity index (χ2v) is 5.32. The summed E-state index contributed by atoms with van der Waals surface area (Å²) in [6.07, 6.45) is 2.35. The molecule has 0 spiro atoms. The van der Waals surface area contributed by atoms with Gasteiger partial charge in [-0.25, -0.2) is 0 Å². The van der Waals surface area contributed by atoms with E-state index in [1.807, 2.05) is 26.0 Å². The Bertz CT molecular complexity index is 431. The number of hydrogen-bond donors (Lipinski definition) is 0.